The van der Waals surface area contributed by atoms with Crippen LogP contribution >= 0.6 is 11.3 Å². The molecule has 3 heteroatoms. The van der Waals surface area contributed by atoms with Gasteiger partial charge in [-0.2, -0.15) is 0 Å². The summed E-state index contributed by atoms with van der Waals surface area (Å²) in [6, 6.07) is 2.31. The fraction of sp³-hybridized carbons (Fsp3) is 0.733. The molecule has 98 valence electrons. The van der Waals surface area contributed by atoms with E-state index in [-0.39, 0.29) is 5.60 Å². The minimum Gasteiger partial charge on any atom is -0.369 e. The lowest BCUT2D eigenvalue weighted by molar-refractivity contribution is -0.0954. The molecule has 0 unspecified atom stereocenters. The first-order valence-electron chi connectivity index (χ1n) is 7.29. The Bertz CT molecular complexity index is 429. The first-order chi connectivity index (χ1) is 8.86. The summed E-state index contributed by atoms with van der Waals surface area (Å²) in [6.07, 6.45) is 6.45. The van der Waals surface area contributed by atoms with Crippen LogP contribution in [-0.2, 0) is 16.8 Å². The number of hydrogen-bond acceptors (Lipinski definition) is 3. The zero-order valence-electron chi connectivity index (χ0n) is 10.9. The highest BCUT2D eigenvalue weighted by Crippen LogP contribution is 2.44. The Morgan fingerprint density at radius 1 is 1.33 bits per heavy atom. The average Bonchev–Trinajstić information content (AvgIpc) is 3.06. The van der Waals surface area contributed by atoms with Crippen LogP contribution in [0.25, 0.3) is 0 Å². The zero-order valence-corrected chi connectivity index (χ0v) is 11.7. The van der Waals surface area contributed by atoms with Gasteiger partial charge in [0.05, 0.1) is 6.61 Å². The number of piperidine rings is 1. The number of fused-ring (bicyclic) bond motifs is 2. The van der Waals surface area contributed by atoms with Crippen molar-refractivity contribution in [2.45, 2.75) is 37.7 Å². The fourth-order valence-corrected chi connectivity index (χ4v) is 4.66. The van der Waals surface area contributed by atoms with E-state index in [2.05, 4.69) is 16.3 Å². The monoisotopic (exact) mass is 263 g/mol. The highest BCUT2D eigenvalue weighted by Gasteiger charge is 2.42. The second-order valence-corrected chi connectivity index (χ2v) is 7.03. The lowest BCUT2D eigenvalue weighted by atomic mass is 9.85. The van der Waals surface area contributed by atoms with Gasteiger partial charge >= 0.3 is 0 Å². The van der Waals surface area contributed by atoms with Crippen LogP contribution in [0, 0.1) is 5.92 Å². The topological polar surface area (TPSA) is 12.5 Å². The molecule has 1 aliphatic carbocycles. The number of hydrogen-bond donors (Lipinski definition) is 0. The maximum atomic E-state index is 6.24. The number of ether oxygens (including phenoxy) is 1. The summed E-state index contributed by atoms with van der Waals surface area (Å²) in [5.74, 6) is 1.02. The molecule has 1 aromatic heterocycles. The van der Waals surface area contributed by atoms with Crippen molar-refractivity contribution < 1.29 is 4.74 Å². The van der Waals surface area contributed by atoms with Gasteiger partial charge in [0.1, 0.15) is 5.60 Å². The maximum Gasteiger partial charge on any atom is 0.105 e. The molecule has 18 heavy (non-hydrogen) atoms. The number of nitrogens with zero attached hydrogens (tertiary/aromatic N) is 1. The molecule has 0 N–H and O–H groups in total. The van der Waals surface area contributed by atoms with Gasteiger partial charge in [0.25, 0.3) is 0 Å². The first-order valence-corrected chi connectivity index (χ1v) is 8.17. The molecule has 0 amide bonds. The van der Waals surface area contributed by atoms with Gasteiger partial charge < -0.3 is 9.64 Å². The van der Waals surface area contributed by atoms with Gasteiger partial charge in [0.2, 0.25) is 0 Å². The van der Waals surface area contributed by atoms with E-state index in [1.54, 1.807) is 10.4 Å². The standard InChI is InChI=1S/C15H21NOS/c1-2-12(1)11-16-7-5-15(6-8-16)14-13(3-9-17-15)4-10-18-14/h4,10,12H,1-3,5-9,11H2. The van der Waals surface area contributed by atoms with Crippen molar-refractivity contribution in [2.24, 2.45) is 5.92 Å². The molecule has 0 atom stereocenters. The Balaban J connectivity index is 1.50. The third kappa shape index (κ3) is 1.93. The summed E-state index contributed by atoms with van der Waals surface area (Å²) < 4.78 is 6.24. The normalized spacial score (nSPS) is 27.3. The minimum absolute atomic E-state index is 0.0851. The van der Waals surface area contributed by atoms with Gasteiger partial charge in [-0.15, -0.1) is 11.3 Å². The Morgan fingerprint density at radius 3 is 2.94 bits per heavy atom. The number of likely N-dealkylation sites (tertiary alicyclic amines) is 1. The van der Waals surface area contributed by atoms with Crippen LogP contribution in [-0.4, -0.2) is 31.1 Å². The van der Waals surface area contributed by atoms with E-state index in [9.17, 15) is 0 Å². The molecule has 3 aliphatic rings. The van der Waals surface area contributed by atoms with Crippen molar-refractivity contribution in [3.63, 3.8) is 0 Å². The average molecular weight is 263 g/mol. The smallest absolute Gasteiger partial charge is 0.105 e. The number of rotatable bonds is 2. The first kappa shape index (κ1) is 11.4. The Hall–Kier alpha value is -0.380. The van der Waals surface area contributed by atoms with Crippen LogP contribution in [0.3, 0.4) is 0 Å². The van der Waals surface area contributed by atoms with Crippen LogP contribution in [0.4, 0.5) is 0 Å². The van der Waals surface area contributed by atoms with Crippen molar-refractivity contribution in [1.29, 1.82) is 0 Å². The van der Waals surface area contributed by atoms with E-state index in [1.165, 1.54) is 45.3 Å². The van der Waals surface area contributed by atoms with Gasteiger partial charge in [0.15, 0.2) is 0 Å². The van der Waals surface area contributed by atoms with E-state index in [4.69, 9.17) is 4.74 Å². The van der Waals surface area contributed by atoms with E-state index in [0.29, 0.717) is 0 Å². The van der Waals surface area contributed by atoms with Crippen LogP contribution in [0.2, 0.25) is 0 Å². The van der Waals surface area contributed by atoms with Crippen LogP contribution in [0.15, 0.2) is 11.4 Å². The van der Waals surface area contributed by atoms with Crippen LogP contribution in [0.1, 0.15) is 36.1 Å². The predicted molar refractivity (Wildman–Crippen MR) is 74.1 cm³/mol. The molecule has 0 radical (unpaired) electrons. The Morgan fingerprint density at radius 2 is 2.17 bits per heavy atom. The second-order valence-electron chi connectivity index (χ2n) is 6.11. The van der Waals surface area contributed by atoms with Gasteiger partial charge in [0, 0.05) is 24.5 Å². The molecule has 3 heterocycles. The zero-order chi connectivity index (χ0) is 12.0. The largest absolute Gasteiger partial charge is 0.369 e. The predicted octanol–water partition coefficient (Wildman–Crippen LogP) is 3.02. The molecule has 1 saturated carbocycles. The molecule has 2 fully saturated rings. The highest BCUT2D eigenvalue weighted by molar-refractivity contribution is 7.10. The molecule has 2 nitrogen and oxygen atoms in total. The summed E-state index contributed by atoms with van der Waals surface area (Å²) in [5, 5.41) is 2.25. The Kier molecular flexibility index (Phi) is 2.75. The third-order valence-electron chi connectivity index (χ3n) is 4.79. The maximum absolute atomic E-state index is 6.24. The Labute approximate surface area is 113 Å². The minimum atomic E-state index is 0.0851. The quantitative estimate of drug-likeness (QED) is 0.813. The van der Waals surface area contributed by atoms with Crippen LogP contribution < -0.4 is 0 Å². The molecular formula is C15H21NOS. The summed E-state index contributed by atoms with van der Waals surface area (Å²) in [6.45, 7) is 4.72. The molecule has 2 aliphatic heterocycles. The van der Waals surface area contributed by atoms with E-state index >= 15 is 0 Å². The summed E-state index contributed by atoms with van der Waals surface area (Å²) in [5.41, 5.74) is 1.64. The van der Waals surface area contributed by atoms with Crippen molar-refractivity contribution in [3.05, 3.63) is 21.9 Å². The molecule has 0 aromatic carbocycles. The van der Waals surface area contributed by atoms with Gasteiger partial charge in [-0.25, -0.2) is 0 Å². The highest BCUT2D eigenvalue weighted by atomic mass is 32.1. The molecule has 0 bridgehead atoms. The molecule has 4 rings (SSSR count). The fourth-order valence-electron chi connectivity index (χ4n) is 3.49. The van der Waals surface area contributed by atoms with E-state index < -0.39 is 0 Å². The van der Waals surface area contributed by atoms with Gasteiger partial charge in [-0.3, -0.25) is 0 Å². The SMILES string of the molecule is c1cc2c(s1)C1(CCN(CC3CC3)CC1)OCC2. The molecule has 1 aromatic rings. The lowest BCUT2D eigenvalue weighted by Crippen LogP contribution is -2.46. The van der Waals surface area contributed by atoms with Gasteiger partial charge in [-0.05, 0) is 55.0 Å². The lowest BCUT2D eigenvalue weighted by Gasteiger charge is -2.43. The molecule has 1 spiro atoms. The molecule has 1 saturated heterocycles. The summed E-state index contributed by atoms with van der Waals surface area (Å²) in [7, 11) is 0. The summed E-state index contributed by atoms with van der Waals surface area (Å²) in [4.78, 5) is 4.20. The second kappa shape index (κ2) is 4.32. The summed E-state index contributed by atoms with van der Waals surface area (Å²) >= 11 is 1.91. The van der Waals surface area contributed by atoms with Crippen molar-refractivity contribution in [2.75, 3.05) is 26.2 Å². The van der Waals surface area contributed by atoms with E-state index in [0.717, 1.165) is 18.9 Å². The molecular weight excluding hydrogens is 242 g/mol. The third-order valence-corrected chi connectivity index (χ3v) is 5.93. The van der Waals surface area contributed by atoms with Crippen molar-refractivity contribution >= 4 is 11.3 Å². The van der Waals surface area contributed by atoms with Gasteiger partial charge in [-0.1, -0.05) is 0 Å². The van der Waals surface area contributed by atoms with E-state index in [1.807, 2.05) is 11.3 Å². The van der Waals surface area contributed by atoms with Crippen molar-refractivity contribution in [3.8, 4) is 0 Å². The number of thiophene rings is 1. The van der Waals surface area contributed by atoms with Crippen LogP contribution in [0.5, 0.6) is 0 Å². The van der Waals surface area contributed by atoms with Crippen molar-refractivity contribution in [1.82, 2.24) is 4.90 Å².